The van der Waals surface area contributed by atoms with Crippen LogP contribution in [0.25, 0.3) is 0 Å². The minimum Gasteiger partial charge on any atom is -0.394 e. The zero-order valence-electron chi connectivity index (χ0n) is 49.1. The summed E-state index contributed by atoms with van der Waals surface area (Å²) in [6.45, 7) is 4.20. The SMILES string of the molecule is CC/C=C\C/C=C\C/C=C\C/C=C\C/C=C\C/C=C\C/C=C\CCCCCCCCCCCC(=O)NC(CO)C(O)/C=C/CC/C=C/CCCCCCCCCCCCCCCCCCCCCCCCCCC. The van der Waals surface area contributed by atoms with Crippen LogP contribution in [0.1, 0.15) is 309 Å². The van der Waals surface area contributed by atoms with Crippen LogP contribution in [0.5, 0.6) is 0 Å². The van der Waals surface area contributed by atoms with E-state index >= 15 is 0 Å². The van der Waals surface area contributed by atoms with Crippen LogP contribution >= 0.6 is 0 Å². The van der Waals surface area contributed by atoms with E-state index in [9.17, 15) is 15.0 Å². The Labute approximate surface area is 461 Å². The van der Waals surface area contributed by atoms with Gasteiger partial charge in [-0.3, -0.25) is 4.79 Å². The van der Waals surface area contributed by atoms with Crippen molar-refractivity contribution < 1.29 is 15.0 Å². The summed E-state index contributed by atoms with van der Waals surface area (Å²) in [5.41, 5.74) is 0. The molecule has 1 amide bonds. The number of hydrogen-bond donors (Lipinski definition) is 3. The van der Waals surface area contributed by atoms with E-state index in [1.54, 1.807) is 6.08 Å². The number of carbonyl (C=O) groups is 1. The summed E-state index contributed by atoms with van der Waals surface area (Å²) in [5, 5.41) is 23.2. The van der Waals surface area contributed by atoms with Crippen LogP contribution < -0.4 is 5.32 Å². The smallest absolute Gasteiger partial charge is 0.220 e. The number of hydrogen-bond acceptors (Lipinski definition) is 3. The number of amides is 1. The van der Waals surface area contributed by atoms with E-state index in [-0.39, 0.29) is 12.5 Å². The maximum atomic E-state index is 12.5. The van der Waals surface area contributed by atoms with Crippen molar-refractivity contribution in [2.75, 3.05) is 6.61 Å². The first-order chi connectivity index (χ1) is 36.7. The molecule has 0 aliphatic rings. The van der Waals surface area contributed by atoms with E-state index < -0.39 is 12.1 Å². The van der Waals surface area contributed by atoms with Crippen molar-refractivity contribution in [2.45, 2.75) is 321 Å². The second kappa shape index (κ2) is 64.3. The van der Waals surface area contributed by atoms with Gasteiger partial charge in [-0.2, -0.15) is 0 Å². The highest BCUT2D eigenvalue weighted by molar-refractivity contribution is 5.76. The van der Waals surface area contributed by atoms with Crippen LogP contribution in [0.3, 0.4) is 0 Å². The van der Waals surface area contributed by atoms with Crippen molar-refractivity contribution in [3.05, 3.63) is 109 Å². The molecule has 0 aliphatic carbocycles. The molecule has 0 spiro atoms. The molecule has 4 heteroatoms. The van der Waals surface area contributed by atoms with Crippen LogP contribution in [0.15, 0.2) is 109 Å². The number of aliphatic hydroxyl groups excluding tert-OH is 2. The summed E-state index contributed by atoms with van der Waals surface area (Å²) in [7, 11) is 0. The molecule has 0 radical (unpaired) electrons. The van der Waals surface area contributed by atoms with E-state index in [1.807, 2.05) is 6.08 Å². The molecule has 74 heavy (non-hydrogen) atoms. The van der Waals surface area contributed by atoms with Crippen molar-refractivity contribution in [3.63, 3.8) is 0 Å². The van der Waals surface area contributed by atoms with Gasteiger partial charge in [-0.05, 0) is 89.9 Å². The predicted octanol–water partition coefficient (Wildman–Crippen LogP) is 21.8. The normalized spacial score (nSPS) is 13.5. The van der Waals surface area contributed by atoms with E-state index in [2.05, 4.69) is 116 Å². The van der Waals surface area contributed by atoms with Crippen LogP contribution in [-0.2, 0) is 4.79 Å². The van der Waals surface area contributed by atoms with Gasteiger partial charge in [0.25, 0.3) is 0 Å². The number of carbonyl (C=O) groups excluding carboxylic acids is 1. The van der Waals surface area contributed by atoms with E-state index in [0.717, 1.165) is 83.5 Å². The van der Waals surface area contributed by atoms with Gasteiger partial charge in [-0.15, -0.1) is 0 Å². The van der Waals surface area contributed by atoms with E-state index in [1.165, 1.54) is 205 Å². The molecule has 426 valence electrons. The van der Waals surface area contributed by atoms with Crippen LogP contribution in [0.2, 0.25) is 0 Å². The standard InChI is InChI=1S/C70H123NO3/c1-3-5-7-9-11-13-15-17-19-21-23-25-27-29-31-33-35-37-39-41-43-45-47-49-51-53-55-57-59-61-63-65-69(73)68(67-72)71-70(74)66-64-62-60-58-56-54-52-50-48-46-44-42-40-38-36-34-32-30-28-26-24-22-20-18-16-14-12-10-8-6-4-2/h6,8,12,14,18,20,24,26,30,32,36,38,42,44,55,57,63,65,68-69,72-73H,3-5,7,9-11,13,15-17,19,21-23,25,27-29,31,33-35,37,39-41,43,45-54,56,58-62,64,66-67H2,1-2H3,(H,71,74)/b8-6-,14-12-,20-18-,26-24-,32-30-,38-36-,44-42-,57-55+,65-63+. The van der Waals surface area contributed by atoms with Crippen molar-refractivity contribution in [3.8, 4) is 0 Å². The third-order valence-corrected chi connectivity index (χ3v) is 14.2. The largest absolute Gasteiger partial charge is 0.394 e. The van der Waals surface area contributed by atoms with Gasteiger partial charge in [-0.25, -0.2) is 0 Å². The summed E-state index contributed by atoms with van der Waals surface area (Å²) in [4.78, 5) is 12.5. The summed E-state index contributed by atoms with van der Waals surface area (Å²) < 4.78 is 0. The Morgan fingerprint density at radius 1 is 0.338 bits per heavy atom. The van der Waals surface area contributed by atoms with Gasteiger partial charge in [-0.1, -0.05) is 322 Å². The second-order valence-corrected chi connectivity index (χ2v) is 21.4. The molecule has 0 aromatic heterocycles. The maximum absolute atomic E-state index is 12.5. The number of aliphatic hydroxyl groups is 2. The monoisotopic (exact) mass is 1030 g/mol. The highest BCUT2D eigenvalue weighted by Gasteiger charge is 2.18. The van der Waals surface area contributed by atoms with Gasteiger partial charge in [0.2, 0.25) is 5.91 Å². The molecule has 0 heterocycles. The summed E-state index contributed by atoms with van der Waals surface area (Å²) in [5.74, 6) is -0.0817. The molecular formula is C70H123NO3. The lowest BCUT2D eigenvalue weighted by atomic mass is 10.0. The fourth-order valence-corrected chi connectivity index (χ4v) is 9.41. The molecule has 2 atom stereocenters. The highest BCUT2D eigenvalue weighted by atomic mass is 16.3. The Morgan fingerprint density at radius 3 is 0.946 bits per heavy atom. The molecule has 0 bridgehead atoms. The molecule has 0 aliphatic heterocycles. The van der Waals surface area contributed by atoms with Crippen LogP contribution in [-0.4, -0.2) is 34.9 Å². The summed E-state index contributed by atoms with van der Waals surface area (Å²) >= 11 is 0. The fourth-order valence-electron chi connectivity index (χ4n) is 9.41. The topological polar surface area (TPSA) is 69.6 Å². The third-order valence-electron chi connectivity index (χ3n) is 14.2. The zero-order chi connectivity index (χ0) is 53.4. The first-order valence-corrected chi connectivity index (χ1v) is 32.1. The first kappa shape index (κ1) is 71.0. The molecule has 0 aromatic carbocycles. The molecule has 0 rings (SSSR count). The zero-order valence-corrected chi connectivity index (χ0v) is 49.1. The molecule has 0 aromatic rings. The Kier molecular flexibility index (Phi) is 61.8. The summed E-state index contributed by atoms with van der Waals surface area (Å²) in [6.07, 6.45) is 97.1. The molecule has 3 N–H and O–H groups in total. The first-order valence-electron chi connectivity index (χ1n) is 32.1. The van der Waals surface area contributed by atoms with Crippen molar-refractivity contribution in [1.82, 2.24) is 5.32 Å². The molecule has 0 fully saturated rings. The van der Waals surface area contributed by atoms with Gasteiger partial charge in [0.1, 0.15) is 0 Å². The van der Waals surface area contributed by atoms with Gasteiger partial charge in [0.15, 0.2) is 0 Å². The van der Waals surface area contributed by atoms with Crippen molar-refractivity contribution in [2.24, 2.45) is 0 Å². The Bertz CT molecular complexity index is 1400. The Morgan fingerprint density at radius 2 is 0.608 bits per heavy atom. The molecule has 0 saturated heterocycles. The molecule has 0 saturated carbocycles. The predicted molar refractivity (Wildman–Crippen MR) is 331 cm³/mol. The van der Waals surface area contributed by atoms with Crippen molar-refractivity contribution in [1.29, 1.82) is 0 Å². The van der Waals surface area contributed by atoms with E-state index in [4.69, 9.17) is 0 Å². The van der Waals surface area contributed by atoms with E-state index in [0.29, 0.717) is 6.42 Å². The minimum atomic E-state index is -0.874. The number of rotatable bonds is 58. The molecule has 4 nitrogen and oxygen atoms in total. The lowest BCUT2D eigenvalue weighted by Crippen LogP contribution is -2.45. The third kappa shape index (κ3) is 59.9. The Balaban J connectivity index is 3.56. The highest BCUT2D eigenvalue weighted by Crippen LogP contribution is 2.17. The average Bonchev–Trinajstić information content (AvgIpc) is 3.40. The van der Waals surface area contributed by atoms with Gasteiger partial charge >= 0.3 is 0 Å². The quantitative estimate of drug-likeness (QED) is 0.0420. The van der Waals surface area contributed by atoms with Gasteiger partial charge < -0.3 is 15.5 Å². The molecule has 2 unspecified atom stereocenters. The van der Waals surface area contributed by atoms with Gasteiger partial charge in [0.05, 0.1) is 18.8 Å². The maximum Gasteiger partial charge on any atom is 0.220 e. The lowest BCUT2D eigenvalue weighted by molar-refractivity contribution is -0.123. The number of unbranched alkanes of at least 4 members (excludes halogenated alkanes) is 35. The lowest BCUT2D eigenvalue weighted by Gasteiger charge is -2.19. The Hall–Kier alpha value is -2.95. The minimum absolute atomic E-state index is 0.0817. The second-order valence-electron chi connectivity index (χ2n) is 21.4. The van der Waals surface area contributed by atoms with Crippen LogP contribution in [0.4, 0.5) is 0 Å². The summed E-state index contributed by atoms with van der Waals surface area (Å²) in [6, 6.07) is -0.652. The number of nitrogens with one attached hydrogen (secondary N) is 1. The van der Waals surface area contributed by atoms with Crippen LogP contribution in [0, 0.1) is 0 Å². The fraction of sp³-hybridized carbons (Fsp3) is 0.729. The van der Waals surface area contributed by atoms with Crippen molar-refractivity contribution >= 4 is 5.91 Å². The van der Waals surface area contributed by atoms with Gasteiger partial charge in [0, 0.05) is 6.42 Å². The number of allylic oxidation sites excluding steroid dienone is 17. The average molecular weight is 1030 g/mol. The molecular weight excluding hydrogens is 903 g/mol.